The molecule has 1 saturated heterocycles. The highest BCUT2D eigenvalue weighted by Crippen LogP contribution is 2.39. The van der Waals surface area contributed by atoms with Crippen LogP contribution in [0.3, 0.4) is 0 Å². The first-order valence-electron chi connectivity index (χ1n) is 10.7. The molecule has 0 radical (unpaired) electrons. The number of hydrogen-bond donors (Lipinski definition) is 2. The van der Waals surface area contributed by atoms with E-state index in [0.717, 1.165) is 55.8 Å². The van der Waals surface area contributed by atoms with E-state index in [-0.39, 0.29) is 23.8 Å². The number of nitrogens with one attached hydrogen (secondary N) is 2. The number of piperidine rings is 1. The summed E-state index contributed by atoms with van der Waals surface area (Å²) in [5.74, 6) is 0.840. The number of nitrogens with zero attached hydrogens (tertiary/aromatic N) is 2. The van der Waals surface area contributed by atoms with E-state index in [1.807, 2.05) is 13.8 Å². The second-order valence-electron chi connectivity index (χ2n) is 8.75. The molecular formula is C22H32N4O2S. The van der Waals surface area contributed by atoms with Crippen molar-refractivity contribution in [3.8, 4) is 6.07 Å². The number of nitriles is 1. The highest BCUT2D eigenvalue weighted by molar-refractivity contribution is 7.16. The summed E-state index contributed by atoms with van der Waals surface area (Å²) in [5, 5.41) is 16.3. The zero-order valence-corrected chi connectivity index (χ0v) is 18.5. The second-order valence-corrected chi connectivity index (χ2v) is 9.85. The Morgan fingerprint density at radius 1 is 1.28 bits per heavy atom. The SMILES string of the molecule is CC1CCc2c(sc(NC(=O)CCN3CCC(C(=O)NC(C)C)CC3)c2C#N)C1. The molecule has 2 amide bonds. The van der Waals surface area contributed by atoms with Crippen LogP contribution in [0.25, 0.3) is 0 Å². The van der Waals surface area contributed by atoms with Crippen molar-refractivity contribution in [2.24, 2.45) is 11.8 Å². The average Bonchev–Trinajstić information content (AvgIpc) is 3.02. The normalized spacial score (nSPS) is 20.2. The van der Waals surface area contributed by atoms with Crippen LogP contribution in [0.15, 0.2) is 0 Å². The minimum atomic E-state index is -0.0344. The minimum Gasteiger partial charge on any atom is -0.354 e. The summed E-state index contributed by atoms with van der Waals surface area (Å²) >= 11 is 1.58. The Hall–Kier alpha value is -1.91. The van der Waals surface area contributed by atoms with Gasteiger partial charge < -0.3 is 15.5 Å². The van der Waals surface area contributed by atoms with Crippen molar-refractivity contribution in [3.63, 3.8) is 0 Å². The van der Waals surface area contributed by atoms with Crippen molar-refractivity contribution >= 4 is 28.2 Å². The Morgan fingerprint density at radius 2 is 2.00 bits per heavy atom. The van der Waals surface area contributed by atoms with E-state index in [0.29, 0.717) is 24.4 Å². The highest BCUT2D eigenvalue weighted by Gasteiger charge is 2.27. The molecule has 1 aromatic heterocycles. The second kappa shape index (κ2) is 9.73. The maximum Gasteiger partial charge on any atom is 0.226 e. The molecule has 1 aromatic rings. The van der Waals surface area contributed by atoms with Crippen LogP contribution >= 0.6 is 11.3 Å². The van der Waals surface area contributed by atoms with Crippen molar-refractivity contribution in [3.05, 3.63) is 16.0 Å². The number of amides is 2. The van der Waals surface area contributed by atoms with Gasteiger partial charge in [0.05, 0.1) is 5.56 Å². The number of carbonyl (C=O) groups excluding carboxylic acids is 2. The van der Waals surface area contributed by atoms with Gasteiger partial charge in [-0.3, -0.25) is 9.59 Å². The minimum absolute atomic E-state index is 0.0344. The van der Waals surface area contributed by atoms with Gasteiger partial charge >= 0.3 is 0 Å². The lowest BCUT2D eigenvalue weighted by Crippen LogP contribution is -2.43. The number of anilines is 1. The summed E-state index contributed by atoms with van der Waals surface area (Å²) in [5.41, 5.74) is 1.81. The van der Waals surface area contributed by atoms with E-state index in [1.165, 1.54) is 4.88 Å². The van der Waals surface area contributed by atoms with Gasteiger partial charge in [0.2, 0.25) is 11.8 Å². The van der Waals surface area contributed by atoms with Crippen molar-refractivity contribution < 1.29 is 9.59 Å². The van der Waals surface area contributed by atoms with Crippen LogP contribution in [-0.2, 0) is 22.4 Å². The lowest BCUT2D eigenvalue weighted by atomic mass is 9.89. The topological polar surface area (TPSA) is 85.2 Å². The molecule has 0 bridgehead atoms. The zero-order chi connectivity index (χ0) is 21.0. The van der Waals surface area contributed by atoms with E-state index in [9.17, 15) is 14.9 Å². The fraction of sp³-hybridized carbons (Fsp3) is 0.682. The molecule has 3 rings (SSSR count). The molecule has 158 valence electrons. The predicted octanol–water partition coefficient (Wildman–Crippen LogP) is 3.31. The van der Waals surface area contributed by atoms with E-state index in [2.05, 4.69) is 28.5 Å². The monoisotopic (exact) mass is 416 g/mol. The molecule has 6 nitrogen and oxygen atoms in total. The van der Waals surface area contributed by atoms with Crippen LogP contribution in [0, 0.1) is 23.2 Å². The highest BCUT2D eigenvalue weighted by atomic mass is 32.1. The summed E-state index contributed by atoms with van der Waals surface area (Å²) in [4.78, 5) is 28.1. The van der Waals surface area contributed by atoms with Crippen LogP contribution in [0.5, 0.6) is 0 Å². The predicted molar refractivity (Wildman–Crippen MR) is 116 cm³/mol. The summed E-state index contributed by atoms with van der Waals surface area (Å²) < 4.78 is 0. The number of hydrogen-bond acceptors (Lipinski definition) is 5. The number of likely N-dealkylation sites (tertiary alicyclic amines) is 1. The van der Waals surface area contributed by atoms with Crippen molar-refractivity contribution in [1.29, 1.82) is 5.26 Å². The van der Waals surface area contributed by atoms with Gasteiger partial charge in [-0.2, -0.15) is 5.26 Å². The van der Waals surface area contributed by atoms with Gasteiger partial charge in [-0.1, -0.05) is 6.92 Å². The zero-order valence-electron chi connectivity index (χ0n) is 17.7. The van der Waals surface area contributed by atoms with Gasteiger partial charge in [0.1, 0.15) is 11.1 Å². The lowest BCUT2D eigenvalue weighted by Gasteiger charge is -2.31. The molecular weight excluding hydrogens is 384 g/mol. The number of thiophene rings is 1. The van der Waals surface area contributed by atoms with Gasteiger partial charge in [-0.15, -0.1) is 11.3 Å². The Labute approximate surface area is 177 Å². The van der Waals surface area contributed by atoms with Gasteiger partial charge in [0.15, 0.2) is 0 Å². The molecule has 1 aliphatic heterocycles. The Morgan fingerprint density at radius 3 is 2.66 bits per heavy atom. The molecule has 0 saturated carbocycles. The summed E-state index contributed by atoms with van der Waals surface area (Å²) in [6, 6.07) is 2.48. The Kier molecular flexibility index (Phi) is 7.31. The molecule has 2 heterocycles. The first-order valence-corrected chi connectivity index (χ1v) is 11.6. The molecule has 0 aromatic carbocycles. The molecule has 1 unspecified atom stereocenters. The number of rotatable bonds is 6. The third-order valence-corrected chi connectivity index (χ3v) is 7.09. The third kappa shape index (κ3) is 5.58. The summed E-state index contributed by atoms with van der Waals surface area (Å²) in [7, 11) is 0. The molecule has 2 aliphatic rings. The van der Waals surface area contributed by atoms with E-state index < -0.39 is 0 Å². The van der Waals surface area contributed by atoms with Crippen LogP contribution < -0.4 is 10.6 Å². The smallest absolute Gasteiger partial charge is 0.226 e. The van der Waals surface area contributed by atoms with Gasteiger partial charge in [0, 0.05) is 29.8 Å². The van der Waals surface area contributed by atoms with Gasteiger partial charge in [-0.05, 0) is 70.5 Å². The summed E-state index contributed by atoms with van der Waals surface area (Å²) in [6.07, 6.45) is 5.14. The Bertz CT molecular complexity index is 787. The van der Waals surface area contributed by atoms with E-state index in [4.69, 9.17) is 0 Å². The first kappa shape index (κ1) is 21.8. The number of fused-ring (bicyclic) bond motifs is 1. The van der Waals surface area contributed by atoms with Gasteiger partial charge in [0.25, 0.3) is 0 Å². The first-order chi connectivity index (χ1) is 13.9. The van der Waals surface area contributed by atoms with Crippen molar-refractivity contribution in [1.82, 2.24) is 10.2 Å². The summed E-state index contributed by atoms with van der Waals surface area (Å²) in [6.45, 7) is 8.58. The average molecular weight is 417 g/mol. The van der Waals surface area contributed by atoms with Crippen molar-refractivity contribution in [2.45, 2.75) is 65.3 Å². The molecule has 1 atom stereocenters. The lowest BCUT2D eigenvalue weighted by molar-refractivity contribution is -0.127. The molecule has 1 aliphatic carbocycles. The van der Waals surface area contributed by atoms with Crippen LogP contribution in [-0.4, -0.2) is 42.4 Å². The maximum atomic E-state index is 12.5. The third-order valence-electron chi connectivity index (χ3n) is 5.92. The molecule has 1 fully saturated rings. The largest absolute Gasteiger partial charge is 0.354 e. The molecule has 0 spiro atoms. The molecule has 7 heteroatoms. The maximum absolute atomic E-state index is 12.5. The van der Waals surface area contributed by atoms with E-state index in [1.54, 1.807) is 11.3 Å². The fourth-order valence-corrected chi connectivity index (χ4v) is 5.60. The Balaban J connectivity index is 1.47. The molecule has 29 heavy (non-hydrogen) atoms. The van der Waals surface area contributed by atoms with Crippen LogP contribution in [0.1, 0.15) is 62.5 Å². The van der Waals surface area contributed by atoms with E-state index >= 15 is 0 Å². The molecule has 2 N–H and O–H groups in total. The van der Waals surface area contributed by atoms with Crippen LogP contribution in [0.2, 0.25) is 0 Å². The number of carbonyl (C=O) groups is 2. The van der Waals surface area contributed by atoms with Crippen molar-refractivity contribution in [2.75, 3.05) is 25.0 Å². The quantitative estimate of drug-likeness (QED) is 0.745. The van der Waals surface area contributed by atoms with Crippen LogP contribution in [0.4, 0.5) is 5.00 Å². The standard InChI is InChI=1S/C22H32N4O2S/c1-14(2)24-21(28)16-6-9-26(10-7-16)11-8-20(27)25-22-18(13-23)17-5-4-15(3)12-19(17)29-22/h14-16H,4-12H2,1-3H3,(H,24,28)(H,25,27). The fourth-order valence-electron chi connectivity index (χ4n) is 4.23. The van der Waals surface area contributed by atoms with Gasteiger partial charge in [-0.25, -0.2) is 0 Å².